The number of carboxylic acids is 1. The summed E-state index contributed by atoms with van der Waals surface area (Å²) in [6.07, 6.45) is 7.16. The number of hydrogen-bond acceptors (Lipinski definition) is 7. The van der Waals surface area contributed by atoms with Gasteiger partial charge in [-0.3, -0.25) is 0 Å². The van der Waals surface area contributed by atoms with Gasteiger partial charge >= 0.3 is 11.9 Å². The molecule has 0 radical (unpaired) electrons. The van der Waals surface area contributed by atoms with E-state index in [9.17, 15) is 19.8 Å². The highest BCUT2D eigenvalue weighted by Crippen LogP contribution is 2.34. The largest absolute Gasteiger partial charge is 0.508 e. The Morgan fingerprint density at radius 3 is 2.05 bits per heavy atom. The van der Waals surface area contributed by atoms with Gasteiger partial charge in [0.2, 0.25) is 5.76 Å². The lowest BCUT2D eigenvalue weighted by Gasteiger charge is -2.10. The fraction of sp³-hybridized carbons (Fsp3) is 0.250. The predicted octanol–water partition coefficient (Wildman–Crippen LogP) is 7.30. The van der Waals surface area contributed by atoms with Crippen LogP contribution in [0.5, 0.6) is 17.2 Å². The summed E-state index contributed by atoms with van der Waals surface area (Å²) in [5, 5.41) is 28.3. The predicted molar refractivity (Wildman–Crippen MR) is 150 cm³/mol. The number of phenols is 2. The van der Waals surface area contributed by atoms with Crippen molar-refractivity contribution in [2.75, 3.05) is 13.2 Å². The molecule has 0 aliphatic rings. The van der Waals surface area contributed by atoms with Gasteiger partial charge in [0.15, 0.2) is 0 Å². The molecule has 0 bridgehead atoms. The van der Waals surface area contributed by atoms with Crippen molar-refractivity contribution in [3.05, 3.63) is 90.4 Å². The van der Waals surface area contributed by atoms with E-state index in [1.165, 1.54) is 30.5 Å². The Labute approximate surface area is 232 Å². The maximum atomic E-state index is 12.0. The quantitative estimate of drug-likeness (QED) is 0.0857. The van der Waals surface area contributed by atoms with Crippen LogP contribution >= 0.6 is 0 Å². The van der Waals surface area contributed by atoms with Crippen LogP contribution in [0.15, 0.2) is 83.5 Å². The molecule has 0 aliphatic heterocycles. The van der Waals surface area contributed by atoms with Crippen LogP contribution in [0, 0.1) is 0 Å². The fourth-order valence-electron chi connectivity index (χ4n) is 4.34. The lowest BCUT2D eigenvalue weighted by Crippen LogP contribution is -2.06. The van der Waals surface area contributed by atoms with E-state index in [4.69, 9.17) is 19.0 Å². The minimum Gasteiger partial charge on any atom is -0.508 e. The molecule has 0 saturated carbocycles. The van der Waals surface area contributed by atoms with Gasteiger partial charge in [-0.25, -0.2) is 9.59 Å². The summed E-state index contributed by atoms with van der Waals surface area (Å²) in [6, 6.07) is 20.9. The molecule has 0 fully saturated rings. The lowest BCUT2D eigenvalue weighted by molar-refractivity contribution is 0.0493. The Kier molecular flexibility index (Phi) is 9.83. The van der Waals surface area contributed by atoms with E-state index < -0.39 is 11.9 Å². The van der Waals surface area contributed by atoms with E-state index in [0.717, 1.165) is 61.0 Å². The molecule has 8 nitrogen and oxygen atoms in total. The molecule has 1 aromatic heterocycles. The van der Waals surface area contributed by atoms with Gasteiger partial charge in [-0.05, 0) is 65.9 Å². The Morgan fingerprint density at radius 1 is 0.725 bits per heavy atom. The van der Waals surface area contributed by atoms with Crippen molar-refractivity contribution < 1.29 is 38.8 Å². The monoisotopic (exact) mass is 544 g/mol. The number of aromatic carboxylic acids is 1. The number of carbonyl (C=O) groups excluding carboxylic acids is 1. The Balaban J connectivity index is 1.13. The third-order valence-corrected chi connectivity index (χ3v) is 6.45. The summed E-state index contributed by atoms with van der Waals surface area (Å²) in [5.74, 6) is -1.36. The van der Waals surface area contributed by atoms with Crippen molar-refractivity contribution in [1.29, 1.82) is 0 Å². The standard InChI is InChI=1S/C32H32O8/c33-24-13-16-29(34)28(20-24)32(37)39-18-8-4-2-1-3-7-17-38-25-14-11-22(12-15-25)26-9-5-6-10-27(26)23-19-30(31(35)36)40-21-23/h5-6,9-16,19-21,33-34H,1-4,7-8,17-18H2,(H,35,36). The smallest absolute Gasteiger partial charge is 0.371 e. The van der Waals surface area contributed by atoms with Gasteiger partial charge in [-0.2, -0.15) is 0 Å². The minimum absolute atomic E-state index is 0.0372. The number of ether oxygens (including phenoxy) is 2. The second-order valence-corrected chi connectivity index (χ2v) is 9.38. The molecule has 0 spiro atoms. The van der Waals surface area contributed by atoms with Gasteiger partial charge in [-0.15, -0.1) is 0 Å². The van der Waals surface area contributed by atoms with Crippen LogP contribution in [0.4, 0.5) is 0 Å². The first-order valence-corrected chi connectivity index (χ1v) is 13.3. The third-order valence-electron chi connectivity index (χ3n) is 6.45. The molecular weight excluding hydrogens is 512 g/mol. The zero-order valence-electron chi connectivity index (χ0n) is 22.0. The van der Waals surface area contributed by atoms with E-state index in [1.807, 2.05) is 48.5 Å². The molecule has 0 amide bonds. The minimum atomic E-state index is -1.10. The Bertz CT molecular complexity index is 1420. The highest BCUT2D eigenvalue weighted by atomic mass is 16.5. The van der Waals surface area contributed by atoms with Gasteiger partial charge < -0.3 is 29.2 Å². The van der Waals surface area contributed by atoms with Crippen LogP contribution in [0.1, 0.15) is 59.4 Å². The molecule has 4 aromatic rings. The summed E-state index contributed by atoms with van der Waals surface area (Å²) >= 11 is 0. The molecule has 0 unspecified atom stereocenters. The van der Waals surface area contributed by atoms with Gasteiger partial charge in [0.25, 0.3) is 0 Å². The zero-order chi connectivity index (χ0) is 28.3. The summed E-state index contributed by atoms with van der Waals surface area (Å²) in [4.78, 5) is 23.2. The maximum Gasteiger partial charge on any atom is 0.371 e. The van der Waals surface area contributed by atoms with Crippen LogP contribution in [0.3, 0.4) is 0 Å². The fourth-order valence-corrected chi connectivity index (χ4v) is 4.34. The number of carbonyl (C=O) groups is 2. The average Bonchev–Trinajstić information content (AvgIpc) is 3.46. The molecule has 0 atom stereocenters. The Morgan fingerprint density at radius 2 is 1.38 bits per heavy atom. The number of benzene rings is 3. The number of aromatic hydroxyl groups is 2. The molecule has 3 aromatic carbocycles. The highest BCUT2D eigenvalue weighted by Gasteiger charge is 2.14. The SMILES string of the molecule is O=C(O)c1cc(-c2ccccc2-c2ccc(OCCCCCCCCOC(=O)c3cc(O)ccc3O)cc2)co1. The second kappa shape index (κ2) is 13.9. The summed E-state index contributed by atoms with van der Waals surface area (Å²) in [7, 11) is 0. The second-order valence-electron chi connectivity index (χ2n) is 9.38. The summed E-state index contributed by atoms with van der Waals surface area (Å²) < 4.78 is 16.2. The summed E-state index contributed by atoms with van der Waals surface area (Å²) in [6.45, 7) is 0.886. The maximum absolute atomic E-state index is 12.0. The number of unbranched alkanes of at least 4 members (excludes halogenated alkanes) is 5. The number of esters is 1. The van der Waals surface area contributed by atoms with E-state index in [1.54, 1.807) is 0 Å². The van der Waals surface area contributed by atoms with Crippen molar-refractivity contribution in [1.82, 2.24) is 0 Å². The summed E-state index contributed by atoms with van der Waals surface area (Å²) in [5.41, 5.74) is 3.53. The van der Waals surface area contributed by atoms with Gasteiger partial charge in [0, 0.05) is 5.56 Å². The van der Waals surface area contributed by atoms with Gasteiger partial charge in [-0.1, -0.05) is 62.1 Å². The molecule has 3 N–H and O–H groups in total. The molecule has 208 valence electrons. The topological polar surface area (TPSA) is 126 Å². The van der Waals surface area contributed by atoms with Crippen molar-refractivity contribution in [2.45, 2.75) is 38.5 Å². The van der Waals surface area contributed by atoms with Crippen molar-refractivity contribution in [3.63, 3.8) is 0 Å². The van der Waals surface area contributed by atoms with Crippen LogP contribution in [0.25, 0.3) is 22.3 Å². The van der Waals surface area contributed by atoms with Crippen LogP contribution < -0.4 is 4.74 Å². The van der Waals surface area contributed by atoms with Crippen LogP contribution in [-0.4, -0.2) is 40.5 Å². The number of hydrogen-bond donors (Lipinski definition) is 3. The number of phenolic OH excluding ortho intramolecular Hbond substituents is 2. The first kappa shape index (κ1) is 28.3. The molecule has 0 aliphatic carbocycles. The van der Waals surface area contributed by atoms with E-state index >= 15 is 0 Å². The highest BCUT2D eigenvalue weighted by molar-refractivity contribution is 5.93. The van der Waals surface area contributed by atoms with Crippen molar-refractivity contribution in [3.8, 4) is 39.5 Å². The van der Waals surface area contributed by atoms with Crippen LogP contribution in [0.2, 0.25) is 0 Å². The number of furan rings is 1. The first-order valence-electron chi connectivity index (χ1n) is 13.3. The van der Waals surface area contributed by atoms with Gasteiger partial charge in [0.1, 0.15) is 22.8 Å². The Hall–Kier alpha value is -4.72. The number of rotatable bonds is 14. The normalized spacial score (nSPS) is 10.8. The zero-order valence-corrected chi connectivity index (χ0v) is 22.0. The molecule has 1 heterocycles. The molecule has 0 saturated heterocycles. The molecule has 8 heteroatoms. The lowest BCUT2D eigenvalue weighted by atomic mass is 9.96. The van der Waals surface area contributed by atoms with Crippen molar-refractivity contribution in [2.24, 2.45) is 0 Å². The molecule has 40 heavy (non-hydrogen) atoms. The van der Waals surface area contributed by atoms with Gasteiger partial charge in [0.05, 0.1) is 19.5 Å². The molecule has 4 rings (SSSR count). The van der Waals surface area contributed by atoms with Crippen molar-refractivity contribution >= 4 is 11.9 Å². The van der Waals surface area contributed by atoms with Crippen LogP contribution in [-0.2, 0) is 4.74 Å². The molecular formula is C32H32O8. The van der Waals surface area contributed by atoms with E-state index in [2.05, 4.69) is 0 Å². The van der Waals surface area contributed by atoms with E-state index in [0.29, 0.717) is 12.2 Å². The van der Waals surface area contributed by atoms with E-state index in [-0.39, 0.29) is 29.4 Å². The average molecular weight is 545 g/mol. The number of carboxylic acid groups (broad SMARTS) is 1. The first-order chi connectivity index (χ1) is 19.4. The third kappa shape index (κ3) is 7.66.